The topological polar surface area (TPSA) is 71.5 Å². The number of halogens is 1. The van der Waals surface area contributed by atoms with Crippen LogP contribution in [0.15, 0.2) is 91.1 Å². The molecule has 7 heteroatoms. The fraction of sp³-hybridized carbons (Fsp3) is 0.0741. The van der Waals surface area contributed by atoms with Crippen LogP contribution in [0.5, 0.6) is 0 Å². The second-order valence-corrected chi connectivity index (χ2v) is 7.98. The highest BCUT2D eigenvalue weighted by Gasteiger charge is 2.17. The maximum Gasteiger partial charge on any atom is 0.337 e. The van der Waals surface area contributed by atoms with E-state index in [1.807, 2.05) is 72.6 Å². The molecule has 0 aliphatic rings. The van der Waals surface area contributed by atoms with Gasteiger partial charge in [0.2, 0.25) is 5.78 Å². The van der Waals surface area contributed by atoms with E-state index in [9.17, 15) is 9.59 Å². The number of ketones is 1. The third kappa shape index (κ3) is 5.24. The van der Waals surface area contributed by atoms with Crippen molar-refractivity contribution >= 4 is 46.1 Å². The van der Waals surface area contributed by atoms with Crippen molar-refractivity contribution in [3.05, 3.63) is 113 Å². The van der Waals surface area contributed by atoms with Gasteiger partial charge in [0, 0.05) is 34.7 Å². The predicted molar refractivity (Wildman–Crippen MR) is 135 cm³/mol. The summed E-state index contributed by atoms with van der Waals surface area (Å²) < 4.78 is 4.87. The van der Waals surface area contributed by atoms with Gasteiger partial charge in [-0.2, -0.15) is 0 Å². The highest BCUT2D eigenvalue weighted by Crippen LogP contribution is 2.26. The van der Waals surface area contributed by atoms with Crippen LogP contribution in [0.25, 0.3) is 0 Å². The normalized spacial score (nSPS) is 10.4. The molecule has 6 nitrogen and oxygen atoms in total. The summed E-state index contributed by atoms with van der Waals surface area (Å²) in [5, 5.41) is 3.88. The van der Waals surface area contributed by atoms with Crippen molar-refractivity contribution in [1.82, 2.24) is 4.98 Å². The van der Waals surface area contributed by atoms with Gasteiger partial charge in [-0.3, -0.25) is 9.78 Å². The molecule has 0 aliphatic heterocycles. The maximum absolute atomic E-state index is 13.2. The number of aromatic nitrogens is 1. The molecule has 0 atom stereocenters. The Bertz CT molecular complexity index is 1310. The molecule has 34 heavy (non-hydrogen) atoms. The first-order chi connectivity index (χ1) is 16.4. The number of nitrogens with one attached hydrogen (secondary N) is 1. The number of para-hydroxylation sites is 1. The molecular weight excluding hydrogens is 450 g/mol. The van der Waals surface area contributed by atoms with E-state index < -0.39 is 5.97 Å². The van der Waals surface area contributed by atoms with Crippen LogP contribution in [-0.4, -0.2) is 30.9 Å². The number of esters is 1. The van der Waals surface area contributed by atoms with Gasteiger partial charge in [-0.15, -0.1) is 0 Å². The summed E-state index contributed by atoms with van der Waals surface area (Å²) in [6.45, 7) is 0. The summed E-state index contributed by atoms with van der Waals surface area (Å²) in [5.41, 5.74) is 4.04. The summed E-state index contributed by atoms with van der Waals surface area (Å²) >= 11 is 5.97. The molecule has 170 valence electrons. The van der Waals surface area contributed by atoms with E-state index in [1.54, 1.807) is 24.4 Å². The van der Waals surface area contributed by atoms with E-state index in [-0.39, 0.29) is 17.0 Å². The minimum absolute atomic E-state index is 0.265. The highest BCUT2D eigenvalue weighted by molar-refractivity contribution is 6.30. The lowest BCUT2D eigenvalue weighted by atomic mass is 10.0. The van der Waals surface area contributed by atoms with E-state index in [2.05, 4.69) is 10.3 Å². The number of nitrogens with zero attached hydrogens (tertiary/aromatic N) is 2. The zero-order chi connectivity index (χ0) is 24.1. The molecule has 1 heterocycles. The van der Waals surface area contributed by atoms with Gasteiger partial charge >= 0.3 is 5.97 Å². The van der Waals surface area contributed by atoms with Crippen molar-refractivity contribution in [3.63, 3.8) is 0 Å². The van der Waals surface area contributed by atoms with E-state index in [1.165, 1.54) is 13.2 Å². The van der Waals surface area contributed by atoms with E-state index in [0.717, 1.165) is 17.1 Å². The molecule has 0 unspecified atom stereocenters. The molecule has 4 aromatic rings. The monoisotopic (exact) mass is 471 g/mol. The molecule has 4 rings (SSSR count). The average Bonchev–Trinajstić information content (AvgIpc) is 2.88. The van der Waals surface area contributed by atoms with Gasteiger partial charge in [0.1, 0.15) is 5.69 Å². The van der Waals surface area contributed by atoms with Crippen molar-refractivity contribution in [1.29, 1.82) is 0 Å². The summed E-state index contributed by atoms with van der Waals surface area (Å²) in [7, 11) is 3.21. The number of ether oxygens (including phenoxy) is 1. The van der Waals surface area contributed by atoms with Crippen LogP contribution >= 0.6 is 11.6 Å². The van der Waals surface area contributed by atoms with Crippen molar-refractivity contribution in [2.75, 3.05) is 24.4 Å². The minimum Gasteiger partial charge on any atom is -0.465 e. The largest absolute Gasteiger partial charge is 0.465 e. The van der Waals surface area contributed by atoms with E-state index in [0.29, 0.717) is 16.3 Å². The van der Waals surface area contributed by atoms with Crippen LogP contribution in [-0.2, 0) is 4.74 Å². The number of methoxy groups -OCH3 is 1. The van der Waals surface area contributed by atoms with Crippen LogP contribution in [0.2, 0.25) is 5.02 Å². The van der Waals surface area contributed by atoms with Gasteiger partial charge in [-0.1, -0.05) is 29.8 Å². The maximum atomic E-state index is 13.2. The van der Waals surface area contributed by atoms with E-state index in [4.69, 9.17) is 16.3 Å². The van der Waals surface area contributed by atoms with Gasteiger partial charge in [-0.25, -0.2) is 4.79 Å². The molecule has 0 aliphatic carbocycles. The van der Waals surface area contributed by atoms with Crippen LogP contribution in [0.3, 0.4) is 0 Å². The summed E-state index contributed by atoms with van der Waals surface area (Å²) in [6, 6.07) is 25.3. The summed E-state index contributed by atoms with van der Waals surface area (Å²) in [6.07, 6.45) is 1.63. The lowest BCUT2D eigenvalue weighted by molar-refractivity contribution is 0.0600. The second kappa shape index (κ2) is 10.2. The molecule has 0 spiro atoms. The number of carbonyl (C=O) groups excluding carboxylic acids is 2. The Kier molecular flexibility index (Phi) is 6.90. The fourth-order valence-electron chi connectivity index (χ4n) is 3.44. The van der Waals surface area contributed by atoms with Crippen LogP contribution < -0.4 is 10.2 Å². The van der Waals surface area contributed by atoms with Crippen molar-refractivity contribution in [2.24, 2.45) is 0 Å². The van der Waals surface area contributed by atoms with Gasteiger partial charge in [0.05, 0.1) is 24.6 Å². The Balaban J connectivity index is 1.61. The lowest BCUT2D eigenvalue weighted by Gasteiger charge is -2.19. The van der Waals surface area contributed by atoms with Gasteiger partial charge in [0.15, 0.2) is 0 Å². The molecule has 0 saturated heterocycles. The molecule has 0 saturated carbocycles. The Morgan fingerprint density at radius 2 is 1.53 bits per heavy atom. The first-order valence-electron chi connectivity index (χ1n) is 10.5. The molecule has 1 N–H and O–H groups in total. The quantitative estimate of drug-likeness (QED) is 0.253. The third-order valence-electron chi connectivity index (χ3n) is 5.26. The first-order valence-corrected chi connectivity index (χ1v) is 10.9. The Morgan fingerprint density at radius 1 is 0.853 bits per heavy atom. The zero-order valence-electron chi connectivity index (χ0n) is 18.7. The van der Waals surface area contributed by atoms with E-state index >= 15 is 0 Å². The number of rotatable bonds is 7. The van der Waals surface area contributed by atoms with Gasteiger partial charge in [-0.05, 0) is 66.7 Å². The number of anilines is 4. The molecule has 3 aromatic carbocycles. The number of pyridine rings is 1. The standard InChI is InChI=1S/C27H22ClN3O3/c1-31(23-10-8-20(28)9-11-23)24-12-13-25(29-17-24)26(32)18-14-19(27(33)34-2)16-22(15-18)30-21-6-4-3-5-7-21/h3-17,30H,1-2H3. The lowest BCUT2D eigenvalue weighted by Crippen LogP contribution is -2.12. The van der Waals surface area contributed by atoms with Crippen molar-refractivity contribution < 1.29 is 14.3 Å². The second-order valence-electron chi connectivity index (χ2n) is 7.55. The third-order valence-corrected chi connectivity index (χ3v) is 5.51. The van der Waals surface area contributed by atoms with Gasteiger partial charge < -0.3 is 15.0 Å². The zero-order valence-corrected chi connectivity index (χ0v) is 19.4. The van der Waals surface area contributed by atoms with Gasteiger partial charge in [0.25, 0.3) is 0 Å². The molecular formula is C27H22ClN3O3. The Hall–Kier alpha value is -4.16. The van der Waals surface area contributed by atoms with Crippen molar-refractivity contribution in [3.8, 4) is 0 Å². The summed E-state index contributed by atoms with van der Waals surface area (Å²) in [4.78, 5) is 31.8. The highest BCUT2D eigenvalue weighted by atomic mass is 35.5. The molecule has 0 radical (unpaired) electrons. The fourth-order valence-corrected chi connectivity index (χ4v) is 3.56. The minimum atomic E-state index is -0.529. The first kappa shape index (κ1) is 23.0. The number of hydrogen-bond acceptors (Lipinski definition) is 6. The SMILES string of the molecule is COC(=O)c1cc(Nc2ccccc2)cc(C(=O)c2ccc(N(C)c3ccc(Cl)cc3)cn2)c1. The van der Waals surface area contributed by atoms with Crippen LogP contribution in [0.1, 0.15) is 26.4 Å². The average molecular weight is 472 g/mol. The molecule has 0 amide bonds. The van der Waals surface area contributed by atoms with Crippen LogP contribution in [0, 0.1) is 0 Å². The number of benzene rings is 3. The van der Waals surface area contributed by atoms with Crippen molar-refractivity contribution in [2.45, 2.75) is 0 Å². The smallest absolute Gasteiger partial charge is 0.337 e. The van der Waals surface area contributed by atoms with Crippen LogP contribution in [0.4, 0.5) is 22.7 Å². The molecule has 0 fully saturated rings. The number of hydrogen-bond donors (Lipinski definition) is 1. The molecule has 1 aromatic heterocycles. The Morgan fingerprint density at radius 3 is 2.18 bits per heavy atom. The Labute approximate surface area is 202 Å². The molecule has 0 bridgehead atoms. The summed E-state index contributed by atoms with van der Waals surface area (Å²) in [5.74, 6) is -0.832. The predicted octanol–water partition coefficient (Wildman–Crippen LogP) is 6.26. The number of carbonyl (C=O) groups is 2.